The van der Waals surface area contributed by atoms with Crippen LogP contribution in [0.4, 0.5) is 9.80 Å². The van der Waals surface area contributed by atoms with Crippen molar-refractivity contribution >= 4 is 22.4 Å². The Hall–Kier alpha value is -3.06. The second kappa shape index (κ2) is 7.90. The average molecular weight is 396 g/mol. The van der Waals surface area contributed by atoms with Gasteiger partial charge in [0.1, 0.15) is 28.1 Å². The Morgan fingerprint density at radius 3 is 3.00 bits per heavy atom. The van der Waals surface area contributed by atoms with Crippen molar-refractivity contribution in [2.75, 3.05) is 19.0 Å². The number of rotatable bonds is 5. The van der Waals surface area contributed by atoms with Crippen molar-refractivity contribution in [2.45, 2.75) is 20.0 Å². The molecular weight excluding hydrogens is 376 g/mol. The minimum absolute atomic E-state index is 0.205. The quantitative estimate of drug-likeness (QED) is 0.670. The number of carbonyl (C=O) groups is 1. The number of hydrogen-bond donors (Lipinski definition) is 1. The van der Waals surface area contributed by atoms with E-state index in [1.54, 1.807) is 7.11 Å². The van der Waals surface area contributed by atoms with Gasteiger partial charge in [-0.25, -0.2) is 9.78 Å². The van der Waals surface area contributed by atoms with Gasteiger partial charge in [-0.15, -0.1) is 0 Å². The number of methoxy groups -OCH3 is 1. The van der Waals surface area contributed by atoms with E-state index >= 15 is 0 Å². The summed E-state index contributed by atoms with van der Waals surface area (Å²) in [6.45, 7) is 2.77. The molecule has 0 fully saturated rings. The lowest BCUT2D eigenvalue weighted by atomic mass is 10.1. The van der Waals surface area contributed by atoms with Crippen LogP contribution in [0.1, 0.15) is 16.8 Å². The SMILES string of the molecule is COc1ccccc1-c1nc(C)c(NC(=O)OCc2ccc3c(c2)CCO3)s1. The van der Waals surface area contributed by atoms with Crippen LogP contribution in [0.5, 0.6) is 11.5 Å². The minimum atomic E-state index is -0.505. The lowest BCUT2D eigenvalue weighted by Gasteiger charge is -2.07. The molecule has 144 valence electrons. The third-order valence-electron chi connectivity index (χ3n) is 4.47. The number of nitrogens with zero attached hydrogens (tertiary/aromatic N) is 1. The van der Waals surface area contributed by atoms with Gasteiger partial charge in [0.05, 0.1) is 25.0 Å². The Kier molecular flexibility index (Phi) is 5.16. The standard InChI is InChI=1S/C21H20N2O4S/c1-13-19(28-20(22-13)16-5-3-4-6-18(16)25-2)23-21(24)27-12-14-7-8-17-15(11-14)9-10-26-17/h3-8,11H,9-10,12H2,1-2H3,(H,23,24). The maximum absolute atomic E-state index is 12.2. The summed E-state index contributed by atoms with van der Waals surface area (Å²) in [5, 5.41) is 4.23. The molecule has 3 aromatic rings. The second-order valence-corrected chi connectivity index (χ2v) is 7.37. The molecule has 1 N–H and O–H groups in total. The predicted octanol–water partition coefficient (Wildman–Crippen LogP) is 4.81. The van der Waals surface area contributed by atoms with Crippen LogP contribution in [0.15, 0.2) is 42.5 Å². The normalized spacial score (nSPS) is 12.2. The van der Waals surface area contributed by atoms with Gasteiger partial charge in [-0.3, -0.25) is 5.32 Å². The molecule has 0 atom stereocenters. The first-order chi connectivity index (χ1) is 13.6. The maximum Gasteiger partial charge on any atom is 0.412 e. The highest BCUT2D eigenvalue weighted by molar-refractivity contribution is 7.19. The van der Waals surface area contributed by atoms with E-state index in [-0.39, 0.29) is 6.61 Å². The topological polar surface area (TPSA) is 69.7 Å². The highest BCUT2D eigenvalue weighted by Crippen LogP contribution is 2.36. The molecule has 1 aliphatic heterocycles. The molecule has 0 unspecified atom stereocenters. The zero-order chi connectivity index (χ0) is 19.5. The van der Waals surface area contributed by atoms with Crippen LogP contribution < -0.4 is 14.8 Å². The molecule has 7 heteroatoms. The maximum atomic E-state index is 12.2. The Balaban J connectivity index is 1.41. The number of amides is 1. The largest absolute Gasteiger partial charge is 0.496 e. The molecule has 1 aromatic heterocycles. The highest BCUT2D eigenvalue weighted by Gasteiger charge is 2.16. The van der Waals surface area contributed by atoms with E-state index in [0.29, 0.717) is 11.6 Å². The summed E-state index contributed by atoms with van der Waals surface area (Å²) in [5.74, 6) is 1.66. The summed E-state index contributed by atoms with van der Waals surface area (Å²) in [4.78, 5) is 16.8. The van der Waals surface area contributed by atoms with E-state index in [1.807, 2.05) is 49.4 Å². The number of hydrogen-bond acceptors (Lipinski definition) is 6. The lowest BCUT2D eigenvalue weighted by molar-refractivity contribution is 0.155. The van der Waals surface area contributed by atoms with Crippen molar-refractivity contribution < 1.29 is 19.0 Å². The number of aromatic nitrogens is 1. The Labute approximate surface area is 167 Å². The van der Waals surface area contributed by atoms with E-state index in [1.165, 1.54) is 11.3 Å². The molecule has 0 bridgehead atoms. The molecule has 6 nitrogen and oxygen atoms in total. The first-order valence-electron chi connectivity index (χ1n) is 8.93. The van der Waals surface area contributed by atoms with Crippen molar-refractivity contribution in [3.05, 3.63) is 59.3 Å². The van der Waals surface area contributed by atoms with E-state index in [0.717, 1.165) is 45.3 Å². The van der Waals surface area contributed by atoms with Gasteiger partial charge in [0, 0.05) is 6.42 Å². The van der Waals surface area contributed by atoms with E-state index in [2.05, 4.69) is 10.3 Å². The molecule has 4 rings (SSSR count). The Morgan fingerprint density at radius 2 is 2.14 bits per heavy atom. The van der Waals surface area contributed by atoms with Gasteiger partial charge in [0.25, 0.3) is 0 Å². The third kappa shape index (κ3) is 3.80. The molecule has 2 heterocycles. The zero-order valence-corrected chi connectivity index (χ0v) is 16.5. The van der Waals surface area contributed by atoms with Crippen LogP contribution in [0, 0.1) is 6.92 Å². The molecule has 1 aliphatic rings. The van der Waals surface area contributed by atoms with Crippen molar-refractivity contribution in [1.82, 2.24) is 4.98 Å². The van der Waals surface area contributed by atoms with Crippen molar-refractivity contribution in [3.63, 3.8) is 0 Å². The van der Waals surface area contributed by atoms with Crippen LogP contribution in [-0.4, -0.2) is 24.8 Å². The molecule has 0 saturated heterocycles. The summed E-state index contributed by atoms with van der Waals surface area (Å²) >= 11 is 1.39. The summed E-state index contributed by atoms with van der Waals surface area (Å²) in [7, 11) is 1.63. The first kappa shape index (κ1) is 18.3. The molecule has 1 amide bonds. The van der Waals surface area contributed by atoms with E-state index in [9.17, 15) is 4.79 Å². The van der Waals surface area contributed by atoms with Crippen LogP contribution in [0.2, 0.25) is 0 Å². The van der Waals surface area contributed by atoms with Crippen LogP contribution in [0.3, 0.4) is 0 Å². The number of thiazole rings is 1. The molecule has 0 radical (unpaired) electrons. The Morgan fingerprint density at radius 1 is 1.29 bits per heavy atom. The van der Waals surface area contributed by atoms with Crippen LogP contribution in [-0.2, 0) is 17.8 Å². The number of benzene rings is 2. The van der Waals surface area contributed by atoms with Gasteiger partial charge >= 0.3 is 6.09 Å². The number of carbonyl (C=O) groups excluding carboxylic acids is 1. The molecule has 0 aliphatic carbocycles. The third-order valence-corrected chi connectivity index (χ3v) is 5.58. The summed E-state index contributed by atoms with van der Waals surface area (Å²) in [6, 6.07) is 13.5. The van der Waals surface area contributed by atoms with Crippen LogP contribution in [0.25, 0.3) is 10.6 Å². The Bertz CT molecular complexity index is 1020. The van der Waals surface area contributed by atoms with E-state index < -0.39 is 6.09 Å². The van der Waals surface area contributed by atoms with Crippen molar-refractivity contribution in [2.24, 2.45) is 0 Å². The number of ether oxygens (including phenoxy) is 3. The first-order valence-corrected chi connectivity index (χ1v) is 9.75. The van der Waals surface area contributed by atoms with E-state index in [4.69, 9.17) is 14.2 Å². The van der Waals surface area contributed by atoms with Crippen LogP contribution >= 0.6 is 11.3 Å². The second-order valence-electron chi connectivity index (χ2n) is 6.38. The number of para-hydroxylation sites is 1. The summed E-state index contributed by atoms with van der Waals surface area (Å²) < 4.78 is 16.3. The molecule has 28 heavy (non-hydrogen) atoms. The molecule has 2 aromatic carbocycles. The number of anilines is 1. The summed E-state index contributed by atoms with van der Waals surface area (Å²) in [5.41, 5.74) is 3.72. The molecule has 0 spiro atoms. The highest BCUT2D eigenvalue weighted by atomic mass is 32.1. The van der Waals surface area contributed by atoms with Gasteiger partial charge in [-0.05, 0) is 42.3 Å². The molecule has 0 saturated carbocycles. The number of nitrogens with one attached hydrogen (secondary N) is 1. The number of fused-ring (bicyclic) bond motifs is 1. The molecular formula is C21H20N2O4S. The van der Waals surface area contributed by atoms with Gasteiger partial charge in [-0.1, -0.05) is 29.5 Å². The average Bonchev–Trinajstić information content (AvgIpc) is 3.32. The van der Waals surface area contributed by atoms with Gasteiger partial charge in [0.15, 0.2) is 0 Å². The fourth-order valence-corrected chi connectivity index (χ4v) is 4.04. The van der Waals surface area contributed by atoms with Crippen molar-refractivity contribution in [3.8, 4) is 22.1 Å². The van der Waals surface area contributed by atoms with Gasteiger partial charge < -0.3 is 14.2 Å². The number of aryl methyl sites for hydroxylation is 1. The monoisotopic (exact) mass is 396 g/mol. The smallest absolute Gasteiger partial charge is 0.412 e. The zero-order valence-electron chi connectivity index (χ0n) is 15.7. The van der Waals surface area contributed by atoms with Gasteiger partial charge in [0.2, 0.25) is 0 Å². The summed E-state index contributed by atoms with van der Waals surface area (Å²) in [6.07, 6.45) is 0.385. The lowest BCUT2D eigenvalue weighted by Crippen LogP contribution is -2.13. The fourth-order valence-electron chi connectivity index (χ4n) is 3.06. The predicted molar refractivity (Wildman–Crippen MR) is 108 cm³/mol. The van der Waals surface area contributed by atoms with Crippen molar-refractivity contribution in [1.29, 1.82) is 0 Å². The minimum Gasteiger partial charge on any atom is -0.496 e. The van der Waals surface area contributed by atoms with Gasteiger partial charge in [-0.2, -0.15) is 0 Å². The fraction of sp³-hybridized carbons (Fsp3) is 0.238.